The smallest absolute Gasteiger partial charge is 0.239 e. The molecule has 0 spiro atoms. The summed E-state index contributed by atoms with van der Waals surface area (Å²) in [4.78, 5) is 14.1. The van der Waals surface area contributed by atoms with Crippen LogP contribution in [-0.4, -0.2) is 35.0 Å². The summed E-state index contributed by atoms with van der Waals surface area (Å²) < 4.78 is 0. The molecule has 2 unspecified atom stereocenters. The van der Waals surface area contributed by atoms with Gasteiger partial charge in [0.1, 0.15) is 5.75 Å². The first-order valence-corrected chi connectivity index (χ1v) is 7.37. The molecule has 1 rings (SSSR count). The van der Waals surface area contributed by atoms with Gasteiger partial charge in [0.15, 0.2) is 0 Å². The molecule has 0 saturated heterocycles. The standard InChI is InChI=1S/C16H26N2O2/c1-5-15(13-8-10-14(19)11-9-13)17-12(4)16(20)18(6-2)7-3/h8-12,15,17,19H,5-7H2,1-4H3. The first-order valence-electron chi connectivity index (χ1n) is 7.37. The summed E-state index contributed by atoms with van der Waals surface area (Å²) in [5.74, 6) is 0.392. The Hall–Kier alpha value is -1.55. The second kappa shape index (κ2) is 7.90. The molecule has 20 heavy (non-hydrogen) atoms. The molecule has 0 radical (unpaired) electrons. The third-order valence-electron chi connectivity index (χ3n) is 3.60. The maximum absolute atomic E-state index is 12.3. The lowest BCUT2D eigenvalue weighted by Crippen LogP contribution is -2.45. The number of benzene rings is 1. The number of phenols is 1. The molecule has 4 nitrogen and oxygen atoms in total. The van der Waals surface area contributed by atoms with Crippen LogP contribution in [0.1, 0.15) is 45.7 Å². The van der Waals surface area contributed by atoms with Crippen LogP contribution < -0.4 is 5.32 Å². The fourth-order valence-electron chi connectivity index (χ4n) is 2.34. The molecular formula is C16H26N2O2. The van der Waals surface area contributed by atoms with E-state index >= 15 is 0 Å². The summed E-state index contributed by atoms with van der Waals surface area (Å²) >= 11 is 0. The highest BCUT2D eigenvalue weighted by atomic mass is 16.3. The third kappa shape index (κ3) is 4.23. The van der Waals surface area contributed by atoms with E-state index in [2.05, 4.69) is 12.2 Å². The minimum absolute atomic E-state index is 0.116. The van der Waals surface area contributed by atoms with E-state index in [1.807, 2.05) is 37.8 Å². The highest BCUT2D eigenvalue weighted by Crippen LogP contribution is 2.20. The van der Waals surface area contributed by atoms with Crippen LogP contribution in [0.25, 0.3) is 0 Å². The molecule has 0 aromatic heterocycles. The van der Waals surface area contributed by atoms with Gasteiger partial charge >= 0.3 is 0 Å². The van der Waals surface area contributed by atoms with Crippen molar-refractivity contribution in [2.45, 2.75) is 46.2 Å². The van der Waals surface area contributed by atoms with E-state index in [0.717, 1.165) is 25.1 Å². The molecule has 0 saturated carbocycles. The summed E-state index contributed by atoms with van der Waals surface area (Å²) in [6.07, 6.45) is 0.890. The van der Waals surface area contributed by atoms with Crippen LogP contribution in [0.15, 0.2) is 24.3 Å². The average molecular weight is 278 g/mol. The van der Waals surface area contributed by atoms with E-state index in [9.17, 15) is 9.90 Å². The van der Waals surface area contributed by atoms with Crippen molar-refractivity contribution in [3.63, 3.8) is 0 Å². The van der Waals surface area contributed by atoms with Gasteiger partial charge in [0.2, 0.25) is 5.91 Å². The fraction of sp³-hybridized carbons (Fsp3) is 0.562. The minimum atomic E-state index is -0.214. The van der Waals surface area contributed by atoms with Crippen molar-refractivity contribution in [2.24, 2.45) is 0 Å². The highest BCUT2D eigenvalue weighted by molar-refractivity contribution is 5.81. The van der Waals surface area contributed by atoms with Gasteiger partial charge in [0.25, 0.3) is 0 Å². The van der Waals surface area contributed by atoms with E-state index in [4.69, 9.17) is 0 Å². The Balaban J connectivity index is 2.73. The highest BCUT2D eigenvalue weighted by Gasteiger charge is 2.21. The Kier molecular flexibility index (Phi) is 6.52. The van der Waals surface area contributed by atoms with Crippen LogP contribution in [0.3, 0.4) is 0 Å². The molecule has 0 heterocycles. The van der Waals surface area contributed by atoms with Crippen LogP contribution >= 0.6 is 0 Å². The number of hydrogen-bond acceptors (Lipinski definition) is 3. The normalized spacial score (nSPS) is 13.8. The second-order valence-electron chi connectivity index (χ2n) is 4.95. The first-order chi connectivity index (χ1) is 9.53. The van der Waals surface area contributed by atoms with Crippen molar-refractivity contribution < 1.29 is 9.90 Å². The number of amides is 1. The Labute approximate surface area is 121 Å². The van der Waals surface area contributed by atoms with Crippen LogP contribution in [0.5, 0.6) is 5.75 Å². The molecule has 0 fully saturated rings. The molecular weight excluding hydrogens is 252 g/mol. The molecule has 0 aliphatic carbocycles. The number of aromatic hydroxyl groups is 1. The Bertz CT molecular complexity index is 413. The van der Waals surface area contributed by atoms with Gasteiger partial charge in [-0.3, -0.25) is 10.1 Å². The van der Waals surface area contributed by atoms with Gasteiger partial charge in [-0.2, -0.15) is 0 Å². The lowest BCUT2D eigenvalue weighted by atomic mass is 10.0. The zero-order valence-electron chi connectivity index (χ0n) is 12.9. The van der Waals surface area contributed by atoms with Gasteiger partial charge in [0.05, 0.1) is 6.04 Å². The summed E-state index contributed by atoms with van der Waals surface area (Å²) in [7, 11) is 0. The number of phenolic OH excluding ortho intramolecular Hbond substituents is 1. The number of carbonyl (C=O) groups excluding carboxylic acids is 1. The molecule has 1 aromatic carbocycles. The SMILES string of the molecule is CCC(NC(C)C(=O)N(CC)CC)c1ccc(O)cc1. The Morgan fingerprint density at radius 2 is 1.75 bits per heavy atom. The molecule has 0 bridgehead atoms. The molecule has 1 amide bonds. The predicted molar refractivity (Wildman–Crippen MR) is 81.7 cm³/mol. The molecule has 0 aliphatic rings. The van der Waals surface area contributed by atoms with Gasteiger partial charge in [-0.05, 0) is 44.9 Å². The zero-order valence-corrected chi connectivity index (χ0v) is 12.9. The van der Waals surface area contributed by atoms with Gasteiger partial charge in [-0.15, -0.1) is 0 Å². The number of rotatable bonds is 7. The maximum Gasteiger partial charge on any atom is 0.239 e. The predicted octanol–water partition coefficient (Wildman–Crippen LogP) is 2.69. The lowest BCUT2D eigenvalue weighted by Gasteiger charge is -2.27. The monoisotopic (exact) mass is 278 g/mol. The van der Waals surface area contributed by atoms with E-state index in [1.165, 1.54) is 0 Å². The molecule has 2 atom stereocenters. The molecule has 2 N–H and O–H groups in total. The van der Waals surface area contributed by atoms with Crippen LogP contribution in [0, 0.1) is 0 Å². The van der Waals surface area contributed by atoms with Crippen molar-refractivity contribution >= 4 is 5.91 Å². The topological polar surface area (TPSA) is 52.6 Å². The minimum Gasteiger partial charge on any atom is -0.508 e. The van der Waals surface area contributed by atoms with Gasteiger partial charge < -0.3 is 10.0 Å². The van der Waals surface area contributed by atoms with E-state index in [0.29, 0.717) is 0 Å². The summed E-state index contributed by atoms with van der Waals surface area (Å²) in [6.45, 7) is 9.44. The van der Waals surface area contributed by atoms with Gasteiger partial charge in [-0.1, -0.05) is 19.1 Å². The Morgan fingerprint density at radius 1 is 1.20 bits per heavy atom. The number of hydrogen-bond donors (Lipinski definition) is 2. The van der Waals surface area contributed by atoms with Crippen molar-refractivity contribution in [1.82, 2.24) is 10.2 Å². The average Bonchev–Trinajstić information content (AvgIpc) is 2.46. The lowest BCUT2D eigenvalue weighted by molar-refractivity contribution is -0.132. The number of likely N-dealkylation sites (N-methyl/N-ethyl adjacent to an activating group) is 1. The number of carbonyl (C=O) groups is 1. The van der Waals surface area contributed by atoms with Crippen molar-refractivity contribution in [3.8, 4) is 5.75 Å². The largest absolute Gasteiger partial charge is 0.508 e. The van der Waals surface area contributed by atoms with Crippen LogP contribution in [0.4, 0.5) is 0 Å². The number of nitrogens with zero attached hydrogens (tertiary/aromatic N) is 1. The van der Waals surface area contributed by atoms with Crippen molar-refractivity contribution in [1.29, 1.82) is 0 Å². The van der Waals surface area contributed by atoms with E-state index in [-0.39, 0.29) is 23.7 Å². The van der Waals surface area contributed by atoms with Gasteiger partial charge in [-0.25, -0.2) is 0 Å². The van der Waals surface area contributed by atoms with E-state index < -0.39 is 0 Å². The van der Waals surface area contributed by atoms with Crippen molar-refractivity contribution in [3.05, 3.63) is 29.8 Å². The van der Waals surface area contributed by atoms with Crippen LogP contribution in [0.2, 0.25) is 0 Å². The zero-order chi connectivity index (χ0) is 15.1. The molecule has 0 aliphatic heterocycles. The summed E-state index contributed by atoms with van der Waals surface area (Å²) in [5, 5.41) is 12.7. The van der Waals surface area contributed by atoms with Crippen molar-refractivity contribution in [2.75, 3.05) is 13.1 Å². The molecule has 1 aromatic rings. The second-order valence-corrected chi connectivity index (χ2v) is 4.95. The number of nitrogens with one attached hydrogen (secondary N) is 1. The third-order valence-corrected chi connectivity index (χ3v) is 3.60. The fourth-order valence-corrected chi connectivity index (χ4v) is 2.34. The maximum atomic E-state index is 12.3. The first kappa shape index (κ1) is 16.5. The summed E-state index contributed by atoms with van der Waals surface area (Å²) in [6, 6.07) is 7.04. The van der Waals surface area contributed by atoms with Gasteiger partial charge in [0, 0.05) is 19.1 Å². The Morgan fingerprint density at radius 3 is 2.20 bits per heavy atom. The molecule has 112 valence electrons. The summed E-state index contributed by atoms with van der Waals surface area (Å²) in [5.41, 5.74) is 1.09. The van der Waals surface area contributed by atoms with Crippen LogP contribution in [-0.2, 0) is 4.79 Å². The quantitative estimate of drug-likeness (QED) is 0.806. The van der Waals surface area contributed by atoms with E-state index in [1.54, 1.807) is 12.1 Å². The molecule has 4 heteroatoms.